The molecule has 3 heterocycles. The van der Waals surface area contributed by atoms with Crippen LogP contribution in [0.5, 0.6) is 0 Å². The Morgan fingerprint density at radius 1 is 1.10 bits per heavy atom. The predicted octanol–water partition coefficient (Wildman–Crippen LogP) is 4.61. The Hall–Kier alpha value is -2.80. The standard InChI is InChI=1S/C23H28N4O3.ClH/c1-15-12-20(25-23(29)30)19-13-17(6-8-21(19)27(15)16(2)28)18-7-9-22(24-14-18)26-10-4-3-5-11-26;/h6-9,13-15,20,25H,3-5,10-12H2,1-2H3,(H,29,30);1H/t15-,20+;/m0./s1. The maximum atomic E-state index is 12.2. The molecule has 1 aromatic heterocycles. The molecule has 2 N–H and O–H groups in total. The summed E-state index contributed by atoms with van der Waals surface area (Å²) in [6, 6.07) is 9.55. The number of hydrogen-bond acceptors (Lipinski definition) is 4. The fourth-order valence-corrected chi connectivity index (χ4v) is 4.68. The van der Waals surface area contributed by atoms with Gasteiger partial charge in [0.05, 0.1) is 6.04 Å². The second-order valence-electron chi connectivity index (χ2n) is 8.20. The number of pyridine rings is 1. The van der Waals surface area contributed by atoms with E-state index in [9.17, 15) is 14.7 Å². The molecule has 166 valence electrons. The molecule has 1 fully saturated rings. The maximum absolute atomic E-state index is 12.2. The fraction of sp³-hybridized carbons (Fsp3) is 0.435. The molecule has 2 aromatic rings. The molecule has 0 aliphatic carbocycles. The quantitative estimate of drug-likeness (QED) is 0.721. The van der Waals surface area contributed by atoms with Crippen LogP contribution in [0.15, 0.2) is 36.5 Å². The zero-order chi connectivity index (χ0) is 21.3. The fourth-order valence-electron chi connectivity index (χ4n) is 4.68. The summed E-state index contributed by atoms with van der Waals surface area (Å²) in [5.41, 5.74) is 3.52. The highest BCUT2D eigenvalue weighted by Gasteiger charge is 2.33. The van der Waals surface area contributed by atoms with Crippen molar-refractivity contribution in [2.75, 3.05) is 22.9 Å². The predicted molar refractivity (Wildman–Crippen MR) is 124 cm³/mol. The molecular formula is C23H29ClN4O3. The van der Waals surface area contributed by atoms with Gasteiger partial charge >= 0.3 is 6.09 Å². The van der Waals surface area contributed by atoms with Crippen molar-refractivity contribution < 1.29 is 14.7 Å². The lowest BCUT2D eigenvalue weighted by Gasteiger charge is -2.39. The third-order valence-corrected chi connectivity index (χ3v) is 6.08. The van der Waals surface area contributed by atoms with Gasteiger partial charge in [-0.15, -0.1) is 12.4 Å². The van der Waals surface area contributed by atoms with Crippen molar-refractivity contribution in [3.8, 4) is 11.1 Å². The highest BCUT2D eigenvalue weighted by molar-refractivity contribution is 5.94. The first-order chi connectivity index (χ1) is 14.4. The largest absolute Gasteiger partial charge is 0.465 e. The van der Waals surface area contributed by atoms with Crippen LogP contribution >= 0.6 is 12.4 Å². The van der Waals surface area contributed by atoms with E-state index in [0.717, 1.165) is 41.3 Å². The number of carboxylic acid groups (broad SMARTS) is 1. The monoisotopic (exact) mass is 444 g/mol. The minimum Gasteiger partial charge on any atom is -0.465 e. The van der Waals surface area contributed by atoms with Crippen molar-refractivity contribution in [3.63, 3.8) is 0 Å². The molecule has 0 saturated carbocycles. The van der Waals surface area contributed by atoms with E-state index in [1.807, 2.05) is 31.3 Å². The first kappa shape index (κ1) is 22.9. The van der Waals surface area contributed by atoms with Gasteiger partial charge < -0.3 is 20.2 Å². The number of nitrogens with one attached hydrogen (secondary N) is 1. The number of hydrogen-bond donors (Lipinski definition) is 2. The van der Waals surface area contributed by atoms with Crippen LogP contribution in [0.25, 0.3) is 11.1 Å². The number of rotatable bonds is 3. The Morgan fingerprint density at radius 2 is 1.81 bits per heavy atom. The van der Waals surface area contributed by atoms with Gasteiger partial charge in [-0.05, 0) is 68.0 Å². The molecule has 2 aliphatic heterocycles. The highest BCUT2D eigenvalue weighted by Crippen LogP contribution is 2.39. The molecule has 0 bridgehead atoms. The van der Waals surface area contributed by atoms with Crippen LogP contribution in [-0.4, -0.2) is 41.2 Å². The van der Waals surface area contributed by atoms with Gasteiger partial charge in [0.2, 0.25) is 5.91 Å². The molecule has 7 nitrogen and oxygen atoms in total. The lowest BCUT2D eigenvalue weighted by Crippen LogP contribution is -2.45. The van der Waals surface area contributed by atoms with Gasteiger partial charge in [0.25, 0.3) is 0 Å². The molecule has 31 heavy (non-hydrogen) atoms. The second-order valence-corrected chi connectivity index (χ2v) is 8.20. The second kappa shape index (κ2) is 9.56. The van der Waals surface area contributed by atoms with Gasteiger partial charge in [-0.2, -0.15) is 0 Å². The van der Waals surface area contributed by atoms with Gasteiger partial charge in [0.15, 0.2) is 0 Å². The summed E-state index contributed by atoms with van der Waals surface area (Å²) in [6.45, 7) is 5.58. The maximum Gasteiger partial charge on any atom is 0.405 e. The normalized spacial score (nSPS) is 20.5. The minimum absolute atomic E-state index is 0. The van der Waals surface area contributed by atoms with Crippen LogP contribution in [0.3, 0.4) is 0 Å². The number of fused-ring (bicyclic) bond motifs is 1. The first-order valence-electron chi connectivity index (χ1n) is 10.6. The molecule has 8 heteroatoms. The van der Waals surface area contributed by atoms with E-state index < -0.39 is 6.09 Å². The van der Waals surface area contributed by atoms with Crippen LogP contribution in [0.4, 0.5) is 16.3 Å². The molecule has 1 aromatic carbocycles. The van der Waals surface area contributed by atoms with Crippen molar-refractivity contribution in [3.05, 3.63) is 42.1 Å². The average Bonchev–Trinajstić information content (AvgIpc) is 2.73. The van der Waals surface area contributed by atoms with Crippen LogP contribution < -0.4 is 15.1 Å². The van der Waals surface area contributed by atoms with Crippen molar-refractivity contribution in [2.45, 2.75) is 51.6 Å². The van der Waals surface area contributed by atoms with Gasteiger partial charge in [0.1, 0.15) is 5.82 Å². The van der Waals surface area contributed by atoms with Crippen molar-refractivity contribution in [1.82, 2.24) is 10.3 Å². The Labute approximate surface area is 188 Å². The molecule has 0 radical (unpaired) electrons. The summed E-state index contributed by atoms with van der Waals surface area (Å²) in [5.74, 6) is 0.955. The van der Waals surface area contributed by atoms with Crippen molar-refractivity contribution in [1.29, 1.82) is 0 Å². The van der Waals surface area contributed by atoms with E-state index in [0.29, 0.717) is 6.42 Å². The molecule has 1 saturated heterocycles. The minimum atomic E-state index is -1.06. The van der Waals surface area contributed by atoms with E-state index >= 15 is 0 Å². The van der Waals surface area contributed by atoms with Gasteiger partial charge in [-0.3, -0.25) is 4.79 Å². The number of benzene rings is 1. The number of anilines is 2. The van der Waals surface area contributed by atoms with Crippen LogP contribution in [0.2, 0.25) is 0 Å². The topological polar surface area (TPSA) is 85.8 Å². The molecule has 4 rings (SSSR count). The Morgan fingerprint density at radius 3 is 2.42 bits per heavy atom. The number of halogens is 1. The summed E-state index contributed by atoms with van der Waals surface area (Å²) in [7, 11) is 0. The number of piperidine rings is 1. The van der Waals surface area contributed by atoms with Gasteiger partial charge in [0, 0.05) is 43.5 Å². The van der Waals surface area contributed by atoms with E-state index in [2.05, 4.69) is 27.3 Å². The Balaban J connectivity index is 0.00000272. The summed E-state index contributed by atoms with van der Waals surface area (Å²) in [5, 5.41) is 11.9. The highest BCUT2D eigenvalue weighted by atomic mass is 35.5. The van der Waals surface area contributed by atoms with E-state index in [1.165, 1.54) is 19.3 Å². The number of amides is 2. The summed E-state index contributed by atoms with van der Waals surface area (Å²) >= 11 is 0. The number of carbonyl (C=O) groups is 2. The number of carbonyl (C=O) groups excluding carboxylic acids is 1. The number of nitrogens with zero attached hydrogens (tertiary/aromatic N) is 3. The number of aromatic nitrogens is 1. The summed E-state index contributed by atoms with van der Waals surface area (Å²) in [6.07, 6.45) is 5.04. The Kier molecular flexibility index (Phi) is 7.05. The molecular weight excluding hydrogens is 416 g/mol. The smallest absolute Gasteiger partial charge is 0.405 e. The molecule has 0 unspecified atom stereocenters. The third kappa shape index (κ3) is 4.77. The van der Waals surface area contributed by atoms with Crippen LogP contribution in [-0.2, 0) is 4.79 Å². The van der Waals surface area contributed by atoms with Crippen molar-refractivity contribution in [2.24, 2.45) is 0 Å². The summed E-state index contributed by atoms with van der Waals surface area (Å²) < 4.78 is 0. The Bertz CT molecular complexity index is 944. The average molecular weight is 445 g/mol. The zero-order valence-corrected chi connectivity index (χ0v) is 18.7. The van der Waals surface area contributed by atoms with Crippen molar-refractivity contribution >= 4 is 35.9 Å². The molecule has 2 atom stereocenters. The van der Waals surface area contributed by atoms with E-state index in [1.54, 1.807) is 11.8 Å². The lowest BCUT2D eigenvalue weighted by atomic mass is 9.89. The molecule has 2 amide bonds. The van der Waals surface area contributed by atoms with Gasteiger partial charge in [-0.25, -0.2) is 9.78 Å². The molecule has 2 aliphatic rings. The third-order valence-electron chi connectivity index (χ3n) is 6.08. The first-order valence-corrected chi connectivity index (χ1v) is 10.6. The SMILES string of the molecule is CC(=O)N1c2ccc(-c3ccc(N4CCCCC4)nc3)cc2[C@H](NC(=O)O)C[C@@H]1C.Cl. The van der Waals surface area contributed by atoms with Crippen LogP contribution in [0.1, 0.15) is 51.1 Å². The van der Waals surface area contributed by atoms with E-state index in [4.69, 9.17) is 0 Å². The molecule has 0 spiro atoms. The lowest BCUT2D eigenvalue weighted by molar-refractivity contribution is -0.117. The summed E-state index contributed by atoms with van der Waals surface area (Å²) in [4.78, 5) is 32.3. The zero-order valence-electron chi connectivity index (χ0n) is 17.9. The van der Waals surface area contributed by atoms with E-state index in [-0.39, 0.29) is 30.4 Å². The van der Waals surface area contributed by atoms with Crippen LogP contribution in [0, 0.1) is 0 Å². The van der Waals surface area contributed by atoms with Gasteiger partial charge in [-0.1, -0.05) is 6.07 Å².